The van der Waals surface area contributed by atoms with Gasteiger partial charge >= 0.3 is 0 Å². The lowest BCUT2D eigenvalue weighted by atomic mass is 10.1. The maximum atomic E-state index is 8.97. The quantitative estimate of drug-likeness (QED) is 0.871. The van der Waals surface area contributed by atoms with E-state index < -0.39 is 0 Å². The molecule has 88 valence electrons. The summed E-state index contributed by atoms with van der Waals surface area (Å²) in [6, 6.07) is 8.29. The minimum atomic E-state index is 0.140. The normalized spacial score (nSPS) is 18.3. The first-order valence-corrected chi connectivity index (χ1v) is 7.03. The predicted octanol–water partition coefficient (Wildman–Crippen LogP) is 2.12. The topological polar surface area (TPSA) is 23.5 Å². The second-order valence-corrected chi connectivity index (χ2v) is 5.44. The zero-order chi connectivity index (χ0) is 11.2. The standard InChI is InChI=1S/C13H19NOS/c15-11-13-4-2-12(3-5-13)10-14-6-1-8-16-9-7-14/h2-5,15H,1,6-11H2. The van der Waals surface area contributed by atoms with Gasteiger partial charge in [0.25, 0.3) is 0 Å². The van der Waals surface area contributed by atoms with E-state index in [0.29, 0.717) is 0 Å². The van der Waals surface area contributed by atoms with Gasteiger partial charge in [0.1, 0.15) is 0 Å². The number of aliphatic hydroxyl groups is 1. The summed E-state index contributed by atoms with van der Waals surface area (Å²) in [5, 5.41) is 8.97. The van der Waals surface area contributed by atoms with Crippen LogP contribution in [0.15, 0.2) is 24.3 Å². The SMILES string of the molecule is OCc1ccc(CN2CCCSCC2)cc1. The first-order chi connectivity index (χ1) is 7.88. The molecule has 1 fully saturated rings. The molecule has 1 aliphatic heterocycles. The van der Waals surface area contributed by atoms with Crippen molar-refractivity contribution in [3.63, 3.8) is 0 Å². The van der Waals surface area contributed by atoms with Gasteiger partial charge in [0, 0.05) is 18.8 Å². The Hall–Kier alpha value is -0.510. The average Bonchev–Trinajstić information content (AvgIpc) is 2.59. The highest BCUT2D eigenvalue weighted by Crippen LogP contribution is 2.13. The van der Waals surface area contributed by atoms with Crippen molar-refractivity contribution in [2.45, 2.75) is 19.6 Å². The number of thioether (sulfide) groups is 1. The maximum Gasteiger partial charge on any atom is 0.0681 e. The molecule has 1 aromatic carbocycles. The van der Waals surface area contributed by atoms with Crippen molar-refractivity contribution in [2.75, 3.05) is 24.6 Å². The molecule has 1 heterocycles. The summed E-state index contributed by atoms with van der Waals surface area (Å²) in [5.41, 5.74) is 2.35. The molecule has 2 nitrogen and oxygen atoms in total. The van der Waals surface area contributed by atoms with E-state index in [1.165, 1.54) is 36.6 Å². The molecule has 0 aliphatic carbocycles. The van der Waals surface area contributed by atoms with E-state index in [1.807, 2.05) is 12.1 Å². The molecule has 1 aliphatic rings. The molecule has 0 radical (unpaired) electrons. The van der Waals surface area contributed by atoms with Crippen molar-refractivity contribution in [1.29, 1.82) is 0 Å². The Labute approximate surface area is 102 Å². The van der Waals surface area contributed by atoms with Gasteiger partial charge in [-0.05, 0) is 29.8 Å². The van der Waals surface area contributed by atoms with Gasteiger partial charge in [0.05, 0.1) is 6.61 Å². The smallest absolute Gasteiger partial charge is 0.0681 e. The van der Waals surface area contributed by atoms with Crippen LogP contribution in [0.2, 0.25) is 0 Å². The number of benzene rings is 1. The van der Waals surface area contributed by atoms with Gasteiger partial charge in [-0.3, -0.25) is 4.90 Å². The molecule has 1 saturated heterocycles. The van der Waals surface area contributed by atoms with Crippen molar-refractivity contribution >= 4 is 11.8 Å². The first-order valence-electron chi connectivity index (χ1n) is 5.87. The zero-order valence-corrected chi connectivity index (χ0v) is 10.4. The van der Waals surface area contributed by atoms with E-state index in [9.17, 15) is 0 Å². The molecule has 3 heteroatoms. The molecule has 0 spiro atoms. The summed E-state index contributed by atoms with van der Waals surface area (Å²) in [4.78, 5) is 2.52. The van der Waals surface area contributed by atoms with Gasteiger partial charge in [0.15, 0.2) is 0 Å². The number of nitrogens with zero attached hydrogens (tertiary/aromatic N) is 1. The Kier molecular flexibility index (Phi) is 4.69. The molecule has 1 aromatic rings. The van der Waals surface area contributed by atoms with E-state index in [2.05, 4.69) is 28.8 Å². The van der Waals surface area contributed by atoms with Gasteiger partial charge < -0.3 is 5.11 Å². The molecule has 0 aromatic heterocycles. The molecule has 0 saturated carbocycles. The number of rotatable bonds is 3. The van der Waals surface area contributed by atoms with Crippen molar-refractivity contribution in [3.8, 4) is 0 Å². The van der Waals surface area contributed by atoms with Crippen LogP contribution in [0.25, 0.3) is 0 Å². The molecular formula is C13H19NOS. The number of hydrogen-bond acceptors (Lipinski definition) is 3. The molecule has 0 amide bonds. The minimum Gasteiger partial charge on any atom is -0.392 e. The van der Waals surface area contributed by atoms with Crippen LogP contribution >= 0.6 is 11.8 Å². The van der Waals surface area contributed by atoms with Crippen molar-refractivity contribution in [2.24, 2.45) is 0 Å². The Morgan fingerprint density at radius 1 is 1.06 bits per heavy atom. The van der Waals surface area contributed by atoms with Crippen LogP contribution < -0.4 is 0 Å². The summed E-state index contributed by atoms with van der Waals surface area (Å²) in [5.74, 6) is 2.56. The molecule has 16 heavy (non-hydrogen) atoms. The van der Waals surface area contributed by atoms with Gasteiger partial charge in [-0.1, -0.05) is 24.3 Å². The molecular weight excluding hydrogens is 218 g/mol. The Morgan fingerprint density at radius 3 is 2.56 bits per heavy atom. The average molecular weight is 237 g/mol. The van der Waals surface area contributed by atoms with Gasteiger partial charge in [-0.2, -0.15) is 11.8 Å². The number of hydrogen-bond donors (Lipinski definition) is 1. The van der Waals surface area contributed by atoms with Crippen LogP contribution in [0, 0.1) is 0 Å². The summed E-state index contributed by atoms with van der Waals surface area (Å²) in [7, 11) is 0. The van der Waals surface area contributed by atoms with Crippen LogP contribution in [0.1, 0.15) is 17.5 Å². The number of aliphatic hydroxyl groups excluding tert-OH is 1. The van der Waals surface area contributed by atoms with Gasteiger partial charge in [-0.25, -0.2) is 0 Å². The van der Waals surface area contributed by atoms with Gasteiger partial charge in [-0.15, -0.1) is 0 Å². The molecule has 2 rings (SSSR count). The molecule has 0 unspecified atom stereocenters. The van der Waals surface area contributed by atoms with Crippen LogP contribution in [-0.2, 0) is 13.2 Å². The fourth-order valence-corrected chi connectivity index (χ4v) is 2.89. The Balaban J connectivity index is 1.91. The van der Waals surface area contributed by atoms with Crippen LogP contribution in [0.5, 0.6) is 0 Å². The maximum absolute atomic E-state index is 8.97. The van der Waals surface area contributed by atoms with Gasteiger partial charge in [0.2, 0.25) is 0 Å². The largest absolute Gasteiger partial charge is 0.392 e. The third-order valence-electron chi connectivity index (χ3n) is 2.93. The van der Waals surface area contributed by atoms with Crippen molar-refractivity contribution in [3.05, 3.63) is 35.4 Å². The highest BCUT2D eigenvalue weighted by molar-refractivity contribution is 7.99. The predicted molar refractivity (Wildman–Crippen MR) is 69.6 cm³/mol. The van der Waals surface area contributed by atoms with E-state index >= 15 is 0 Å². The Bertz CT molecular complexity index is 304. The molecule has 1 N–H and O–H groups in total. The third-order valence-corrected chi connectivity index (χ3v) is 3.98. The monoisotopic (exact) mass is 237 g/mol. The lowest BCUT2D eigenvalue weighted by Crippen LogP contribution is -2.25. The molecule has 0 atom stereocenters. The van der Waals surface area contributed by atoms with E-state index in [0.717, 1.165) is 12.1 Å². The Morgan fingerprint density at radius 2 is 1.81 bits per heavy atom. The second-order valence-electron chi connectivity index (χ2n) is 4.22. The third kappa shape index (κ3) is 3.51. The highest BCUT2D eigenvalue weighted by Gasteiger charge is 2.09. The van der Waals surface area contributed by atoms with Crippen molar-refractivity contribution in [1.82, 2.24) is 4.90 Å². The fraction of sp³-hybridized carbons (Fsp3) is 0.538. The summed E-state index contributed by atoms with van der Waals surface area (Å²) in [6.07, 6.45) is 1.30. The summed E-state index contributed by atoms with van der Waals surface area (Å²) < 4.78 is 0. The van der Waals surface area contributed by atoms with Crippen LogP contribution in [0.4, 0.5) is 0 Å². The van der Waals surface area contributed by atoms with E-state index in [4.69, 9.17) is 5.11 Å². The van der Waals surface area contributed by atoms with E-state index in [1.54, 1.807) is 0 Å². The fourth-order valence-electron chi connectivity index (χ4n) is 1.96. The van der Waals surface area contributed by atoms with Crippen molar-refractivity contribution < 1.29 is 5.11 Å². The lowest BCUT2D eigenvalue weighted by molar-refractivity contribution is 0.280. The zero-order valence-electron chi connectivity index (χ0n) is 9.56. The lowest BCUT2D eigenvalue weighted by Gasteiger charge is -2.19. The van der Waals surface area contributed by atoms with Crippen LogP contribution in [-0.4, -0.2) is 34.6 Å². The van der Waals surface area contributed by atoms with E-state index in [-0.39, 0.29) is 6.61 Å². The molecule has 0 bridgehead atoms. The highest BCUT2D eigenvalue weighted by atomic mass is 32.2. The minimum absolute atomic E-state index is 0.140. The summed E-state index contributed by atoms with van der Waals surface area (Å²) >= 11 is 2.06. The van der Waals surface area contributed by atoms with Crippen LogP contribution in [0.3, 0.4) is 0 Å². The second kappa shape index (κ2) is 6.28. The summed E-state index contributed by atoms with van der Waals surface area (Å²) in [6.45, 7) is 3.61. The first kappa shape index (κ1) is 12.0.